The van der Waals surface area contributed by atoms with E-state index >= 15 is 0 Å². The molecule has 3 aromatic carbocycles. The summed E-state index contributed by atoms with van der Waals surface area (Å²) in [5, 5.41) is 0. The summed E-state index contributed by atoms with van der Waals surface area (Å²) in [4.78, 5) is -0.744. The Bertz CT molecular complexity index is 1510. The summed E-state index contributed by atoms with van der Waals surface area (Å²) in [6.07, 6.45) is -3.74. The maximum absolute atomic E-state index is 14.0. The van der Waals surface area contributed by atoms with Crippen molar-refractivity contribution in [2.75, 3.05) is 13.3 Å². The van der Waals surface area contributed by atoms with E-state index in [1.807, 2.05) is 0 Å². The Morgan fingerprint density at radius 2 is 1.48 bits per heavy atom. The van der Waals surface area contributed by atoms with Gasteiger partial charge in [0.15, 0.2) is 0 Å². The van der Waals surface area contributed by atoms with Gasteiger partial charge in [0.05, 0.1) is 18.8 Å². The first-order valence-corrected chi connectivity index (χ1v) is 13.2. The summed E-state index contributed by atoms with van der Waals surface area (Å²) in [6.45, 7) is -0.636. The molecule has 0 aliphatic carbocycles. The molecule has 0 radical (unpaired) electrons. The molecule has 1 heterocycles. The van der Waals surface area contributed by atoms with E-state index in [1.165, 1.54) is 12.1 Å². The third-order valence-electron chi connectivity index (χ3n) is 6.35. The normalized spacial score (nSPS) is 15.5. The van der Waals surface area contributed by atoms with Crippen molar-refractivity contribution < 1.29 is 56.9 Å². The molecular formula is C26H19F9O4S. The van der Waals surface area contributed by atoms with Crippen LogP contribution in [-0.2, 0) is 22.7 Å². The standard InChI is InChI=1S/C26H19F9O4S/c27-9-2-1-3-13-11-14(26(33,34)35)4-6-16(13)17-8-10-38-19-12-15(5-7-18(17)19)40(36,37)39-25-23(31)21(29)20(28)22(30)24(25)32/h4-7,11-12,17H,1-3,8-10H2. The molecule has 1 aliphatic rings. The Morgan fingerprint density at radius 3 is 2.10 bits per heavy atom. The number of hydrogen-bond donors (Lipinski definition) is 0. The fourth-order valence-electron chi connectivity index (χ4n) is 4.41. The minimum absolute atomic E-state index is 0.00457. The van der Waals surface area contributed by atoms with Gasteiger partial charge in [0, 0.05) is 17.5 Å². The van der Waals surface area contributed by atoms with E-state index in [0.717, 1.165) is 24.3 Å². The van der Waals surface area contributed by atoms with Crippen molar-refractivity contribution in [3.05, 3.63) is 87.7 Å². The number of halogens is 9. The van der Waals surface area contributed by atoms with Crippen LogP contribution in [0.15, 0.2) is 41.3 Å². The lowest BCUT2D eigenvalue weighted by molar-refractivity contribution is -0.137. The molecule has 40 heavy (non-hydrogen) atoms. The second-order valence-electron chi connectivity index (χ2n) is 8.88. The number of fused-ring (bicyclic) bond motifs is 1. The molecule has 0 N–H and O–H groups in total. The van der Waals surface area contributed by atoms with Crippen molar-refractivity contribution in [1.82, 2.24) is 0 Å². The molecule has 1 unspecified atom stereocenters. The first-order valence-electron chi connectivity index (χ1n) is 11.7. The van der Waals surface area contributed by atoms with Crippen LogP contribution in [0.25, 0.3) is 0 Å². The van der Waals surface area contributed by atoms with Gasteiger partial charge in [-0.3, -0.25) is 4.39 Å². The fraction of sp³-hybridized carbons (Fsp3) is 0.308. The first-order chi connectivity index (χ1) is 18.8. The van der Waals surface area contributed by atoms with Crippen molar-refractivity contribution in [1.29, 1.82) is 0 Å². The van der Waals surface area contributed by atoms with Gasteiger partial charge >= 0.3 is 16.3 Å². The zero-order chi connectivity index (χ0) is 29.4. The van der Waals surface area contributed by atoms with Crippen LogP contribution in [0.5, 0.6) is 11.5 Å². The lowest BCUT2D eigenvalue weighted by Crippen LogP contribution is -2.19. The monoisotopic (exact) mass is 598 g/mol. The topological polar surface area (TPSA) is 52.6 Å². The second-order valence-corrected chi connectivity index (χ2v) is 10.4. The van der Waals surface area contributed by atoms with Crippen LogP contribution in [0, 0.1) is 29.1 Å². The molecule has 4 rings (SSSR count). The minimum Gasteiger partial charge on any atom is -0.493 e. The first kappa shape index (κ1) is 29.6. The molecule has 1 aliphatic heterocycles. The molecule has 14 heteroatoms. The van der Waals surface area contributed by atoms with E-state index in [-0.39, 0.29) is 31.6 Å². The molecule has 3 aromatic rings. The lowest BCUT2D eigenvalue weighted by Gasteiger charge is -2.29. The van der Waals surface area contributed by atoms with Crippen molar-refractivity contribution in [3.8, 4) is 11.5 Å². The summed E-state index contributed by atoms with van der Waals surface area (Å²) in [5.74, 6) is -14.9. The van der Waals surface area contributed by atoms with E-state index in [4.69, 9.17) is 4.74 Å². The largest absolute Gasteiger partial charge is 0.493 e. The smallest absolute Gasteiger partial charge is 0.416 e. The van der Waals surface area contributed by atoms with Gasteiger partial charge in [0.25, 0.3) is 0 Å². The third-order valence-corrected chi connectivity index (χ3v) is 7.57. The Hall–Kier alpha value is -3.42. The molecule has 0 aromatic heterocycles. The molecule has 0 spiro atoms. The van der Waals surface area contributed by atoms with Crippen molar-refractivity contribution in [2.45, 2.75) is 42.7 Å². The Labute approximate surface area is 222 Å². The second kappa shape index (κ2) is 11.2. The SMILES string of the molecule is O=S(=O)(Oc1c(F)c(F)c(F)c(F)c1F)c1ccc2c(c1)OCCC2c1ccc(C(F)(F)F)cc1CCCCF. The maximum atomic E-state index is 14.0. The number of aryl methyl sites for hydroxylation is 1. The molecule has 4 nitrogen and oxygen atoms in total. The average molecular weight is 598 g/mol. The van der Waals surface area contributed by atoms with Crippen molar-refractivity contribution in [3.63, 3.8) is 0 Å². The molecule has 216 valence electrons. The lowest BCUT2D eigenvalue weighted by atomic mass is 9.82. The predicted octanol–water partition coefficient (Wildman–Crippen LogP) is 7.38. The van der Waals surface area contributed by atoms with Crippen LogP contribution in [0.2, 0.25) is 0 Å². The van der Waals surface area contributed by atoms with E-state index < -0.39 is 74.2 Å². The van der Waals surface area contributed by atoms with Gasteiger partial charge in [-0.25, -0.2) is 13.2 Å². The van der Waals surface area contributed by atoms with Crippen molar-refractivity contribution in [2.24, 2.45) is 0 Å². The Morgan fingerprint density at radius 1 is 0.850 bits per heavy atom. The van der Waals surface area contributed by atoms with Crippen LogP contribution >= 0.6 is 0 Å². The third kappa shape index (κ3) is 5.72. The molecule has 0 fully saturated rings. The highest BCUT2D eigenvalue weighted by molar-refractivity contribution is 7.87. The highest BCUT2D eigenvalue weighted by atomic mass is 32.2. The Kier molecular flexibility index (Phi) is 8.29. The van der Waals surface area contributed by atoms with E-state index in [9.17, 15) is 47.9 Å². The van der Waals surface area contributed by atoms with Crippen LogP contribution in [0.3, 0.4) is 0 Å². The van der Waals surface area contributed by atoms with Crippen molar-refractivity contribution >= 4 is 10.1 Å². The summed E-state index contributed by atoms with van der Waals surface area (Å²) in [6, 6.07) is 6.28. The number of hydrogen-bond acceptors (Lipinski definition) is 4. The van der Waals surface area contributed by atoms with Crippen LogP contribution in [-0.4, -0.2) is 21.7 Å². The van der Waals surface area contributed by atoms with E-state index in [1.54, 1.807) is 0 Å². The Balaban J connectivity index is 1.71. The predicted molar refractivity (Wildman–Crippen MR) is 123 cm³/mol. The highest BCUT2D eigenvalue weighted by Crippen LogP contribution is 2.42. The molecule has 0 amide bonds. The van der Waals surface area contributed by atoms with Gasteiger partial charge < -0.3 is 8.92 Å². The van der Waals surface area contributed by atoms with E-state index in [0.29, 0.717) is 23.1 Å². The summed E-state index contributed by atoms with van der Waals surface area (Å²) < 4.78 is 156. The summed E-state index contributed by atoms with van der Waals surface area (Å²) in [5.41, 5.74) is 0.301. The van der Waals surface area contributed by atoms with Crippen LogP contribution in [0.4, 0.5) is 39.5 Å². The number of benzene rings is 3. The molecule has 0 saturated carbocycles. The zero-order valence-corrected chi connectivity index (χ0v) is 21.0. The zero-order valence-electron chi connectivity index (χ0n) is 20.2. The minimum atomic E-state index is -5.14. The number of rotatable bonds is 8. The molecule has 0 bridgehead atoms. The van der Waals surface area contributed by atoms with Gasteiger partial charge in [-0.2, -0.15) is 30.4 Å². The van der Waals surface area contributed by atoms with Crippen LogP contribution < -0.4 is 8.92 Å². The average Bonchev–Trinajstić information content (AvgIpc) is 2.92. The van der Waals surface area contributed by atoms with E-state index in [2.05, 4.69) is 4.18 Å². The van der Waals surface area contributed by atoms with Gasteiger partial charge in [0.1, 0.15) is 10.6 Å². The van der Waals surface area contributed by atoms with Crippen LogP contribution in [0.1, 0.15) is 47.4 Å². The summed E-state index contributed by atoms with van der Waals surface area (Å²) >= 11 is 0. The number of ether oxygens (including phenoxy) is 1. The van der Waals surface area contributed by atoms with Gasteiger partial charge in [-0.05, 0) is 55.0 Å². The van der Waals surface area contributed by atoms with Gasteiger partial charge in [-0.1, -0.05) is 12.1 Å². The van der Waals surface area contributed by atoms with Gasteiger partial charge in [-0.15, -0.1) is 0 Å². The number of alkyl halides is 4. The molecular weight excluding hydrogens is 579 g/mol. The quantitative estimate of drug-likeness (QED) is 0.0894. The molecule has 0 saturated heterocycles. The molecule has 1 atom stereocenters. The maximum Gasteiger partial charge on any atom is 0.416 e. The highest BCUT2D eigenvalue weighted by Gasteiger charge is 2.34. The summed E-state index contributed by atoms with van der Waals surface area (Å²) in [7, 11) is -5.14. The van der Waals surface area contributed by atoms with Gasteiger partial charge in [0.2, 0.25) is 34.8 Å². The number of unbranched alkanes of at least 4 members (excludes halogenated alkanes) is 1. The fourth-order valence-corrected chi connectivity index (χ4v) is 5.36.